The predicted molar refractivity (Wildman–Crippen MR) is 114 cm³/mol. The largest absolute Gasteiger partial charge is 0.493 e. The summed E-state index contributed by atoms with van der Waals surface area (Å²) in [5.74, 6) is 1.39. The summed E-state index contributed by atoms with van der Waals surface area (Å²) in [4.78, 5) is 12.5. The highest BCUT2D eigenvalue weighted by Gasteiger charge is 2.13. The summed E-state index contributed by atoms with van der Waals surface area (Å²) < 4.78 is 11.2. The van der Waals surface area contributed by atoms with Gasteiger partial charge in [-0.3, -0.25) is 4.79 Å². The Morgan fingerprint density at radius 2 is 1.89 bits per heavy atom. The first-order valence-electron chi connectivity index (χ1n) is 8.56. The van der Waals surface area contributed by atoms with E-state index in [1.165, 1.54) is 34.2 Å². The molecule has 2 aromatic carbocycles. The maximum absolute atomic E-state index is 12.5. The van der Waals surface area contributed by atoms with Crippen LogP contribution in [0.5, 0.6) is 11.5 Å². The van der Waals surface area contributed by atoms with E-state index >= 15 is 0 Å². The minimum Gasteiger partial charge on any atom is -0.493 e. The topological polar surface area (TPSA) is 73.3 Å². The van der Waals surface area contributed by atoms with E-state index in [-0.39, 0.29) is 11.5 Å². The normalized spacial score (nSPS) is 10.6. The average molecular weight is 416 g/mol. The molecule has 3 rings (SSSR count). The summed E-state index contributed by atoms with van der Waals surface area (Å²) in [6.07, 6.45) is 0. The van der Waals surface area contributed by atoms with Crippen LogP contribution in [-0.4, -0.2) is 36.0 Å². The lowest BCUT2D eigenvalue weighted by Gasteiger charge is -2.08. The number of thioether (sulfide) groups is 1. The molecule has 1 N–H and O–H groups in total. The molecule has 0 saturated carbocycles. The van der Waals surface area contributed by atoms with Crippen molar-refractivity contribution in [1.29, 1.82) is 0 Å². The number of Topliss-reactive ketones (excluding diaryl/α,β-unsaturated/α-hetero) is 1. The molecule has 1 aromatic heterocycles. The molecular formula is C20H21N3O3S2. The van der Waals surface area contributed by atoms with Gasteiger partial charge in [0.05, 0.1) is 20.0 Å². The van der Waals surface area contributed by atoms with E-state index in [4.69, 9.17) is 9.47 Å². The van der Waals surface area contributed by atoms with Crippen LogP contribution >= 0.6 is 23.1 Å². The van der Waals surface area contributed by atoms with Gasteiger partial charge in [0.15, 0.2) is 21.6 Å². The Kier molecular flexibility index (Phi) is 6.53. The number of rotatable bonds is 8. The molecule has 0 fully saturated rings. The Hall–Kier alpha value is -2.58. The first-order chi connectivity index (χ1) is 13.5. The van der Waals surface area contributed by atoms with E-state index < -0.39 is 0 Å². The standard InChI is InChI=1S/C20H21N3O3S2/c1-12-6-5-7-15(13(12)2)21-19-22-23-20(28-19)27-11-16(24)14-8-9-17(25-3)18(10-14)26-4/h5-10H,11H2,1-4H3,(H,21,22). The number of anilines is 2. The fourth-order valence-electron chi connectivity index (χ4n) is 2.54. The van der Waals surface area contributed by atoms with Gasteiger partial charge in [-0.25, -0.2) is 0 Å². The van der Waals surface area contributed by atoms with Gasteiger partial charge in [-0.2, -0.15) is 0 Å². The Morgan fingerprint density at radius 1 is 1.11 bits per heavy atom. The number of ketones is 1. The van der Waals surface area contributed by atoms with E-state index in [1.807, 2.05) is 12.1 Å². The van der Waals surface area contributed by atoms with Crippen molar-refractivity contribution >= 4 is 39.7 Å². The summed E-state index contributed by atoms with van der Waals surface area (Å²) in [6.45, 7) is 4.14. The van der Waals surface area contributed by atoms with Crippen LogP contribution in [0.4, 0.5) is 10.8 Å². The molecule has 6 nitrogen and oxygen atoms in total. The maximum Gasteiger partial charge on any atom is 0.210 e. The Bertz CT molecular complexity index is 989. The number of hydrogen-bond donors (Lipinski definition) is 1. The summed E-state index contributed by atoms with van der Waals surface area (Å²) in [5.41, 5.74) is 3.97. The zero-order valence-corrected chi connectivity index (χ0v) is 17.7. The van der Waals surface area contributed by atoms with Gasteiger partial charge in [-0.05, 0) is 49.2 Å². The second-order valence-electron chi connectivity index (χ2n) is 6.03. The second kappa shape index (κ2) is 9.07. The number of benzene rings is 2. The molecule has 0 atom stereocenters. The summed E-state index contributed by atoms with van der Waals surface area (Å²) in [7, 11) is 3.11. The van der Waals surface area contributed by atoms with Crippen LogP contribution in [0.1, 0.15) is 21.5 Å². The van der Waals surface area contributed by atoms with Crippen LogP contribution < -0.4 is 14.8 Å². The molecule has 28 heavy (non-hydrogen) atoms. The average Bonchev–Trinajstić information content (AvgIpc) is 3.16. The highest BCUT2D eigenvalue weighted by atomic mass is 32.2. The lowest BCUT2D eigenvalue weighted by atomic mass is 10.1. The van der Waals surface area contributed by atoms with E-state index in [0.717, 1.165) is 10.0 Å². The molecule has 146 valence electrons. The van der Waals surface area contributed by atoms with Gasteiger partial charge in [0.25, 0.3) is 0 Å². The molecule has 8 heteroatoms. The summed E-state index contributed by atoms with van der Waals surface area (Å²) in [5, 5.41) is 12.3. The lowest BCUT2D eigenvalue weighted by molar-refractivity contribution is 0.102. The zero-order chi connectivity index (χ0) is 20.1. The molecular weight excluding hydrogens is 394 g/mol. The molecule has 0 aliphatic rings. The van der Waals surface area contributed by atoms with Crippen LogP contribution in [0.3, 0.4) is 0 Å². The zero-order valence-electron chi connectivity index (χ0n) is 16.1. The van der Waals surface area contributed by atoms with Gasteiger partial charge in [0.2, 0.25) is 5.13 Å². The van der Waals surface area contributed by atoms with Crippen LogP contribution in [0.15, 0.2) is 40.7 Å². The number of carbonyl (C=O) groups is 1. The lowest BCUT2D eigenvalue weighted by Crippen LogP contribution is -2.03. The van der Waals surface area contributed by atoms with Crippen molar-refractivity contribution in [3.05, 3.63) is 53.1 Å². The molecule has 0 aliphatic carbocycles. The number of nitrogens with zero attached hydrogens (tertiary/aromatic N) is 2. The smallest absolute Gasteiger partial charge is 0.210 e. The number of aryl methyl sites for hydroxylation is 1. The van der Waals surface area contributed by atoms with Crippen LogP contribution in [0.25, 0.3) is 0 Å². The van der Waals surface area contributed by atoms with Gasteiger partial charge in [-0.15, -0.1) is 10.2 Å². The van der Waals surface area contributed by atoms with Crippen LogP contribution in [-0.2, 0) is 0 Å². The van der Waals surface area contributed by atoms with E-state index in [0.29, 0.717) is 22.2 Å². The van der Waals surface area contributed by atoms with Crippen molar-refractivity contribution < 1.29 is 14.3 Å². The van der Waals surface area contributed by atoms with Gasteiger partial charge in [0.1, 0.15) is 0 Å². The molecule has 1 heterocycles. The van der Waals surface area contributed by atoms with E-state index in [9.17, 15) is 4.79 Å². The van der Waals surface area contributed by atoms with Crippen molar-refractivity contribution in [2.45, 2.75) is 18.2 Å². The van der Waals surface area contributed by atoms with Crippen LogP contribution in [0, 0.1) is 13.8 Å². The third kappa shape index (κ3) is 4.63. The Balaban J connectivity index is 1.62. The molecule has 0 bridgehead atoms. The molecule has 0 aliphatic heterocycles. The molecule has 0 radical (unpaired) electrons. The van der Waals surface area contributed by atoms with Crippen molar-refractivity contribution in [1.82, 2.24) is 10.2 Å². The molecule has 0 unspecified atom stereocenters. The molecule has 0 amide bonds. The number of carbonyl (C=O) groups excluding carboxylic acids is 1. The van der Waals surface area contributed by atoms with Gasteiger partial charge < -0.3 is 14.8 Å². The number of aromatic nitrogens is 2. The monoisotopic (exact) mass is 415 g/mol. The fraction of sp³-hybridized carbons (Fsp3) is 0.250. The van der Waals surface area contributed by atoms with Crippen LogP contribution in [0.2, 0.25) is 0 Å². The number of ether oxygens (including phenoxy) is 2. The number of methoxy groups -OCH3 is 2. The minimum absolute atomic E-state index is 0.00908. The predicted octanol–water partition coefficient (Wildman–Crippen LogP) is 4.89. The summed E-state index contributed by atoms with van der Waals surface area (Å²) in [6, 6.07) is 11.2. The fourth-order valence-corrected chi connectivity index (χ4v) is 4.20. The third-order valence-corrected chi connectivity index (χ3v) is 6.26. The maximum atomic E-state index is 12.5. The highest BCUT2D eigenvalue weighted by Crippen LogP contribution is 2.31. The van der Waals surface area contributed by atoms with Crippen molar-refractivity contribution in [2.24, 2.45) is 0 Å². The number of hydrogen-bond acceptors (Lipinski definition) is 8. The molecule has 0 spiro atoms. The van der Waals surface area contributed by atoms with Gasteiger partial charge in [0, 0.05) is 11.3 Å². The Morgan fingerprint density at radius 3 is 2.64 bits per heavy atom. The van der Waals surface area contributed by atoms with E-state index in [2.05, 4.69) is 35.4 Å². The third-order valence-electron chi connectivity index (χ3n) is 4.28. The second-order valence-corrected chi connectivity index (χ2v) is 8.23. The Labute approximate surface area is 172 Å². The molecule has 0 saturated heterocycles. The van der Waals surface area contributed by atoms with Crippen molar-refractivity contribution in [2.75, 3.05) is 25.3 Å². The van der Waals surface area contributed by atoms with Gasteiger partial charge >= 0.3 is 0 Å². The van der Waals surface area contributed by atoms with Crippen molar-refractivity contribution in [3.8, 4) is 11.5 Å². The van der Waals surface area contributed by atoms with Gasteiger partial charge in [-0.1, -0.05) is 35.2 Å². The first-order valence-corrected chi connectivity index (χ1v) is 10.4. The minimum atomic E-state index is -0.00908. The molecule has 3 aromatic rings. The summed E-state index contributed by atoms with van der Waals surface area (Å²) >= 11 is 2.79. The number of nitrogens with one attached hydrogen (secondary N) is 1. The van der Waals surface area contributed by atoms with Crippen molar-refractivity contribution in [3.63, 3.8) is 0 Å². The first kappa shape index (κ1) is 20.2. The SMILES string of the molecule is COc1ccc(C(=O)CSc2nnc(Nc3cccc(C)c3C)s2)cc1OC. The quantitative estimate of drug-likeness (QED) is 0.415. The highest BCUT2D eigenvalue weighted by molar-refractivity contribution is 8.01. The van der Waals surface area contributed by atoms with E-state index in [1.54, 1.807) is 32.4 Å².